The molecule has 0 radical (unpaired) electrons. The second-order valence-electron chi connectivity index (χ2n) is 6.90. The van der Waals surface area contributed by atoms with Crippen molar-refractivity contribution in [3.63, 3.8) is 0 Å². The van der Waals surface area contributed by atoms with Crippen LogP contribution in [-0.4, -0.2) is 37.2 Å². The number of benzene rings is 2. The lowest BCUT2D eigenvalue weighted by molar-refractivity contribution is 0.415. The number of thioether (sulfide) groups is 1. The van der Waals surface area contributed by atoms with Crippen molar-refractivity contribution in [3.05, 3.63) is 78.9 Å². The Bertz CT molecular complexity index is 1050. The van der Waals surface area contributed by atoms with Crippen LogP contribution in [0.2, 0.25) is 0 Å². The van der Waals surface area contributed by atoms with Crippen LogP contribution in [0, 0.1) is 0 Å². The van der Waals surface area contributed by atoms with Crippen molar-refractivity contribution < 1.29 is 4.74 Å². The van der Waals surface area contributed by atoms with Crippen LogP contribution in [0.3, 0.4) is 0 Å². The fraction of sp³-hybridized carbons (Fsp3) is 0.261. The number of nitrogens with zero attached hydrogens (tertiary/aromatic N) is 5. The molecule has 0 unspecified atom stereocenters. The van der Waals surface area contributed by atoms with Crippen LogP contribution in [0.1, 0.15) is 12.0 Å². The lowest BCUT2D eigenvalue weighted by Gasteiger charge is -2.12. The summed E-state index contributed by atoms with van der Waals surface area (Å²) in [4.78, 5) is 4.10. The van der Waals surface area contributed by atoms with Gasteiger partial charge in [0.2, 0.25) is 0 Å². The highest BCUT2D eigenvalue weighted by Crippen LogP contribution is 2.31. The Balaban J connectivity index is 1.53. The van der Waals surface area contributed by atoms with E-state index >= 15 is 0 Å². The van der Waals surface area contributed by atoms with Gasteiger partial charge in [-0.05, 0) is 30.5 Å². The number of hydrogen-bond donors (Lipinski definition) is 0. The fourth-order valence-electron chi connectivity index (χ4n) is 3.34. The SMILES string of the molecule is COc1ccccc1-c1nnc(SCCCn2ccnc2)n1CCc1ccccc1. The molecule has 0 bridgehead atoms. The molecule has 0 aliphatic heterocycles. The lowest BCUT2D eigenvalue weighted by atomic mass is 10.1. The standard InChI is InChI=1S/C23H25N5OS/c1-29-21-11-6-5-10-20(21)22-25-26-23(30-17-7-14-27-16-13-24-18-27)28(22)15-12-19-8-3-2-4-9-19/h2-6,8-11,13,16,18H,7,12,14-15,17H2,1H3. The van der Waals surface area contributed by atoms with Crippen molar-refractivity contribution in [2.75, 3.05) is 12.9 Å². The molecule has 0 N–H and O–H groups in total. The molecule has 0 amide bonds. The maximum absolute atomic E-state index is 5.57. The van der Waals surface area contributed by atoms with Gasteiger partial charge in [-0.25, -0.2) is 4.98 Å². The third-order valence-corrected chi connectivity index (χ3v) is 5.94. The minimum Gasteiger partial charge on any atom is -0.496 e. The third-order valence-electron chi connectivity index (χ3n) is 4.88. The van der Waals surface area contributed by atoms with E-state index < -0.39 is 0 Å². The molecule has 0 aliphatic carbocycles. The molecule has 0 spiro atoms. The number of imidazole rings is 1. The van der Waals surface area contributed by atoms with E-state index in [-0.39, 0.29) is 0 Å². The van der Waals surface area contributed by atoms with Gasteiger partial charge in [-0.3, -0.25) is 0 Å². The van der Waals surface area contributed by atoms with Crippen molar-refractivity contribution in [1.29, 1.82) is 0 Å². The predicted molar refractivity (Wildman–Crippen MR) is 120 cm³/mol. The summed E-state index contributed by atoms with van der Waals surface area (Å²) in [7, 11) is 1.69. The first kappa shape index (κ1) is 20.2. The van der Waals surface area contributed by atoms with Gasteiger partial charge >= 0.3 is 0 Å². The zero-order valence-electron chi connectivity index (χ0n) is 17.0. The first-order valence-corrected chi connectivity index (χ1v) is 11.0. The molecule has 2 aromatic heterocycles. The first-order valence-electron chi connectivity index (χ1n) is 10.0. The average Bonchev–Trinajstić information content (AvgIpc) is 3.46. The molecule has 0 aliphatic rings. The van der Waals surface area contributed by atoms with Crippen molar-refractivity contribution in [2.24, 2.45) is 0 Å². The lowest BCUT2D eigenvalue weighted by Crippen LogP contribution is -2.06. The molecule has 7 heteroatoms. The smallest absolute Gasteiger partial charge is 0.191 e. The van der Waals surface area contributed by atoms with Crippen LogP contribution in [-0.2, 0) is 19.5 Å². The highest BCUT2D eigenvalue weighted by molar-refractivity contribution is 7.99. The van der Waals surface area contributed by atoms with Crippen LogP contribution in [0.15, 0.2) is 78.5 Å². The summed E-state index contributed by atoms with van der Waals surface area (Å²) in [6.45, 7) is 1.76. The fourth-order valence-corrected chi connectivity index (χ4v) is 4.23. The summed E-state index contributed by atoms with van der Waals surface area (Å²) < 4.78 is 9.88. The summed E-state index contributed by atoms with van der Waals surface area (Å²) in [5, 5.41) is 9.99. The molecule has 6 nitrogen and oxygen atoms in total. The van der Waals surface area contributed by atoms with Gasteiger partial charge in [-0.15, -0.1) is 10.2 Å². The van der Waals surface area contributed by atoms with Crippen molar-refractivity contribution in [2.45, 2.75) is 31.1 Å². The van der Waals surface area contributed by atoms with E-state index in [9.17, 15) is 0 Å². The summed E-state index contributed by atoms with van der Waals surface area (Å²) >= 11 is 1.75. The van der Waals surface area contributed by atoms with Crippen molar-refractivity contribution in [1.82, 2.24) is 24.3 Å². The number of hydrogen-bond acceptors (Lipinski definition) is 5. The molecular weight excluding hydrogens is 394 g/mol. The van der Waals surface area contributed by atoms with E-state index in [2.05, 4.69) is 48.6 Å². The molecule has 0 saturated carbocycles. The van der Waals surface area contributed by atoms with E-state index in [0.717, 1.165) is 54.0 Å². The molecule has 154 valence electrons. The number of para-hydroxylation sites is 1. The Hall–Kier alpha value is -3.06. The largest absolute Gasteiger partial charge is 0.496 e. The molecule has 2 aromatic carbocycles. The third kappa shape index (κ3) is 4.91. The van der Waals surface area contributed by atoms with E-state index in [1.54, 1.807) is 18.9 Å². The normalized spacial score (nSPS) is 11.0. The zero-order chi connectivity index (χ0) is 20.6. The van der Waals surface area contributed by atoms with Crippen molar-refractivity contribution >= 4 is 11.8 Å². The second-order valence-corrected chi connectivity index (χ2v) is 7.96. The van der Waals surface area contributed by atoms with Crippen LogP contribution >= 0.6 is 11.8 Å². The van der Waals surface area contributed by atoms with Crippen LogP contribution in [0.25, 0.3) is 11.4 Å². The monoisotopic (exact) mass is 419 g/mol. The predicted octanol–water partition coefficient (Wildman–Crippen LogP) is 4.58. The molecule has 4 rings (SSSR count). The summed E-state index contributed by atoms with van der Waals surface area (Å²) in [5.41, 5.74) is 2.26. The molecule has 2 heterocycles. The highest BCUT2D eigenvalue weighted by Gasteiger charge is 2.17. The number of ether oxygens (including phenoxy) is 1. The molecule has 4 aromatic rings. The van der Waals surface area contributed by atoms with Gasteiger partial charge in [0.25, 0.3) is 0 Å². The first-order chi connectivity index (χ1) is 14.8. The van der Waals surface area contributed by atoms with Crippen LogP contribution in [0.4, 0.5) is 0 Å². The van der Waals surface area contributed by atoms with Gasteiger partial charge < -0.3 is 13.9 Å². The average molecular weight is 420 g/mol. The molecular formula is C23H25N5OS. The van der Waals surface area contributed by atoms with E-state index in [0.29, 0.717) is 0 Å². The Kier molecular flexibility index (Phi) is 6.82. The molecule has 0 saturated heterocycles. The van der Waals surface area contributed by atoms with E-state index in [1.807, 2.05) is 49.1 Å². The highest BCUT2D eigenvalue weighted by atomic mass is 32.2. The number of aryl methyl sites for hydroxylation is 2. The van der Waals surface area contributed by atoms with E-state index in [4.69, 9.17) is 4.74 Å². The quantitative estimate of drug-likeness (QED) is 0.278. The summed E-state index contributed by atoms with van der Waals surface area (Å²) in [6.07, 6.45) is 7.62. The topological polar surface area (TPSA) is 57.8 Å². The maximum atomic E-state index is 5.57. The van der Waals surface area contributed by atoms with E-state index in [1.165, 1.54) is 5.56 Å². The van der Waals surface area contributed by atoms with Crippen molar-refractivity contribution in [3.8, 4) is 17.1 Å². The summed E-state index contributed by atoms with van der Waals surface area (Å²) in [6, 6.07) is 18.5. The van der Waals surface area contributed by atoms with Gasteiger partial charge in [-0.1, -0.05) is 54.2 Å². The second kappa shape index (κ2) is 10.1. The zero-order valence-corrected chi connectivity index (χ0v) is 17.8. The number of rotatable bonds is 10. The van der Waals surface area contributed by atoms with Crippen LogP contribution < -0.4 is 4.74 Å². The molecule has 30 heavy (non-hydrogen) atoms. The number of methoxy groups -OCH3 is 1. The van der Waals surface area contributed by atoms with Gasteiger partial charge in [0.15, 0.2) is 11.0 Å². The molecule has 0 fully saturated rings. The maximum Gasteiger partial charge on any atom is 0.191 e. The van der Waals surface area contributed by atoms with Gasteiger partial charge in [0.05, 0.1) is 19.0 Å². The minimum absolute atomic E-state index is 0.808. The summed E-state index contributed by atoms with van der Waals surface area (Å²) in [5.74, 6) is 2.62. The minimum atomic E-state index is 0.808. The van der Waals surface area contributed by atoms with Gasteiger partial charge in [0, 0.05) is 31.2 Å². The van der Waals surface area contributed by atoms with Crippen LogP contribution in [0.5, 0.6) is 5.75 Å². The van der Waals surface area contributed by atoms with Gasteiger partial charge in [0.1, 0.15) is 5.75 Å². The Morgan fingerprint density at radius 1 is 0.967 bits per heavy atom. The Morgan fingerprint density at radius 3 is 2.60 bits per heavy atom. The molecule has 0 atom stereocenters. The Labute approximate surface area is 180 Å². The number of aromatic nitrogens is 5. The Morgan fingerprint density at radius 2 is 1.80 bits per heavy atom. The van der Waals surface area contributed by atoms with Gasteiger partial charge in [-0.2, -0.15) is 0 Å².